The lowest BCUT2D eigenvalue weighted by atomic mass is 10.2. The summed E-state index contributed by atoms with van der Waals surface area (Å²) in [5.74, 6) is 2.11. The van der Waals surface area contributed by atoms with Crippen LogP contribution < -0.4 is 10.2 Å². The number of nitrogens with zero attached hydrogens (tertiary/aromatic N) is 4. The Hall–Kier alpha value is -1.78. The first-order valence-electron chi connectivity index (χ1n) is 7.96. The van der Waals surface area contributed by atoms with E-state index in [1.165, 1.54) is 19.3 Å². The molecular formula is C16H27N5. The number of piperazine rings is 1. The molecule has 116 valence electrons. The smallest absolute Gasteiger partial charge is 0.193 e. The number of aromatic nitrogens is 1. The highest BCUT2D eigenvalue weighted by Gasteiger charge is 2.19. The van der Waals surface area contributed by atoms with Crippen LogP contribution in [-0.4, -0.2) is 55.6 Å². The minimum absolute atomic E-state index is 0.990. The predicted octanol–water partition coefficient (Wildman–Crippen LogP) is 1.97. The fourth-order valence-corrected chi connectivity index (χ4v) is 2.60. The normalized spacial score (nSPS) is 16.2. The molecule has 1 aliphatic rings. The lowest BCUT2D eigenvalue weighted by Crippen LogP contribution is -2.52. The van der Waals surface area contributed by atoms with Crippen LogP contribution >= 0.6 is 0 Å². The molecule has 2 heterocycles. The number of pyridine rings is 1. The molecule has 0 radical (unpaired) electrons. The van der Waals surface area contributed by atoms with Crippen molar-refractivity contribution in [3.8, 4) is 0 Å². The summed E-state index contributed by atoms with van der Waals surface area (Å²) in [5, 5.41) is 3.47. The highest BCUT2D eigenvalue weighted by Crippen LogP contribution is 2.12. The number of hydrogen-bond donors (Lipinski definition) is 1. The van der Waals surface area contributed by atoms with Gasteiger partial charge < -0.3 is 15.1 Å². The van der Waals surface area contributed by atoms with E-state index in [2.05, 4.69) is 38.1 Å². The third-order valence-electron chi connectivity index (χ3n) is 3.83. The summed E-state index contributed by atoms with van der Waals surface area (Å²) in [6.45, 7) is 7.21. The second-order valence-electron chi connectivity index (χ2n) is 5.34. The summed E-state index contributed by atoms with van der Waals surface area (Å²) in [6, 6.07) is 6.08. The molecule has 1 saturated heterocycles. The maximum absolute atomic E-state index is 4.42. The first-order valence-corrected chi connectivity index (χ1v) is 7.96. The Labute approximate surface area is 128 Å². The standard InChI is InChI=1S/C16H27N5/c1-3-4-6-10-19-16(17-2)21-13-11-20(12-14-21)15-8-5-7-9-18-15/h5,7-9H,3-4,6,10-14H2,1-2H3,(H,17,19). The molecule has 5 nitrogen and oxygen atoms in total. The van der Waals surface area contributed by atoms with Crippen LogP contribution in [0.25, 0.3) is 0 Å². The molecule has 0 saturated carbocycles. The first kappa shape index (κ1) is 15.6. The van der Waals surface area contributed by atoms with Gasteiger partial charge in [-0.05, 0) is 18.6 Å². The van der Waals surface area contributed by atoms with Gasteiger partial charge in [0.15, 0.2) is 5.96 Å². The zero-order chi connectivity index (χ0) is 14.9. The number of aliphatic imine (C=N–C) groups is 1. The number of anilines is 1. The summed E-state index contributed by atoms with van der Waals surface area (Å²) in [4.78, 5) is 13.5. The van der Waals surface area contributed by atoms with E-state index in [9.17, 15) is 0 Å². The number of unbranched alkanes of at least 4 members (excludes halogenated alkanes) is 2. The summed E-state index contributed by atoms with van der Waals surface area (Å²) in [7, 11) is 1.87. The van der Waals surface area contributed by atoms with Crippen molar-refractivity contribution in [3.05, 3.63) is 24.4 Å². The third kappa shape index (κ3) is 4.62. The largest absolute Gasteiger partial charge is 0.356 e. The Balaban J connectivity index is 1.79. The predicted molar refractivity (Wildman–Crippen MR) is 88.9 cm³/mol. The van der Waals surface area contributed by atoms with Gasteiger partial charge in [0.05, 0.1) is 0 Å². The minimum Gasteiger partial charge on any atom is -0.356 e. The average molecular weight is 289 g/mol. The topological polar surface area (TPSA) is 43.8 Å². The molecule has 2 rings (SSSR count). The molecule has 1 aliphatic heterocycles. The summed E-state index contributed by atoms with van der Waals surface area (Å²) in [6.07, 6.45) is 5.60. The van der Waals surface area contributed by atoms with Gasteiger partial charge in [0.2, 0.25) is 0 Å². The second-order valence-corrected chi connectivity index (χ2v) is 5.34. The van der Waals surface area contributed by atoms with Crippen LogP contribution in [0.3, 0.4) is 0 Å². The zero-order valence-electron chi connectivity index (χ0n) is 13.3. The van der Waals surface area contributed by atoms with E-state index in [1.807, 2.05) is 25.4 Å². The first-order chi connectivity index (χ1) is 10.3. The lowest BCUT2D eigenvalue weighted by Gasteiger charge is -2.37. The fourth-order valence-electron chi connectivity index (χ4n) is 2.60. The zero-order valence-corrected chi connectivity index (χ0v) is 13.3. The average Bonchev–Trinajstić information content (AvgIpc) is 2.56. The van der Waals surface area contributed by atoms with Crippen molar-refractivity contribution in [2.24, 2.45) is 4.99 Å². The van der Waals surface area contributed by atoms with Crippen molar-refractivity contribution >= 4 is 11.8 Å². The van der Waals surface area contributed by atoms with E-state index >= 15 is 0 Å². The van der Waals surface area contributed by atoms with E-state index in [-0.39, 0.29) is 0 Å². The molecule has 1 aromatic heterocycles. The summed E-state index contributed by atoms with van der Waals surface area (Å²) < 4.78 is 0. The van der Waals surface area contributed by atoms with Gasteiger partial charge in [-0.15, -0.1) is 0 Å². The van der Waals surface area contributed by atoms with Crippen LogP contribution in [0.4, 0.5) is 5.82 Å². The Morgan fingerprint density at radius 2 is 2.05 bits per heavy atom. The van der Waals surface area contributed by atoms with Crippen LogP contribution in [0.2, 0.25) is 0 Å². The van der Waals surface area contributed by atoms with Gasteiger partial charge in [0.1, 0.15) is 5.82 Å². The molecule has 0 spiro atoms. The molecule has 1 fully saturated rings. The van der Waals surface area contributed by atoms with Gasteiger partial charge in [0.25, 0.3) is 0 Å². The van der Waals surface area contributed by atoms with Gasteiger partial charge >= 0.3 is 0 Å². The van der Waals surface area contributed by atoms with Crippen molar-refractivity contribution < 1.29 is 0 Å². The van der Waals surface area contributed by atoms with Gasteiger partial charge in [-0.1, -0.05) is 25.8 Å². The van der Waals surface area contributed by atoms with E-state index in [0.717, 1.165) is 44.5 Å². The van der Waals surface area contributed by atoms with Crippen LogP contribution in [0, 0.1) is 0 Å². The quantitative estimate of drug-likeness (QED) is 0.511. The molecule has 0 bridgehead atoms. The monoisotopic (exact) mass is 289 g/mol. The Bertz CT molecular complexity index is 424. The van der Waals surface area contributed by atoms with E-state index < -0.39 is 0 Å². The van der Waals surface area contributed by atoms with Crippen LogP contribution in [0.15, 0.2) is 29.4 Å². The minimum atomic E-state index is 0.990. The molecule has 21 heavy (non-hydrogen) atoms. The van der Waals surface area contributed by atoms with Crippen molar-refractivity contribution in [1.82, 2.24) is 15.2 Å². The maximum Gasteiger partial charge on any atom is 0.193 e. The highest BCUT2D eigenvalue weighted by molar-refractivity contribution is 5.80. The molecule has 1 aromatic rings. The number of guanidine groups is 1. The van der Waals surface area contributed by atoms with Gasteiger partial charge in [-0.2, -0.15) is 0 Å². The van der Waals surface area contributed by atoms with Gasteiger partial charge in [-0.3, -0.25) is 4.99 Å². The molecular weight excluding hydrogens is 262 g/mol. The second kappa shape index (κ2) is 8.49. The van der Waals surface area contributed by atoms with Crippen molar-refractivity contribution in [2.45, 2.75) is 26.2 Å². The van der Waals surface area contributed by atoms with Crippen molar-refractivity contribution in [1.29, 1.82) is 0 Å². The van der Waals surface area contributed by atoms with Crippen LogP contribution in [-0.2, 0) is 0 Å². The fraction of sp³-hybridized carbons (Fsp3) is 0.625. The number of rotatable bonds is 5. The summed E-state index contributed by atoms with van der Waals surface area (Å²) >= 11 is 0. The molecule has 5 heteroatoms. The van der Waals surface area contributed by atoms with Gasteiger partial charge in [-0.25, -0.2) is 4.98 Å². The van der Waals surface area contributed by atoms with E-state index in [0.29, 0.717) is 0 Å². The Morgan fingerprint density at radius 3 is 2.67 bits per heavy atom. The maximum atomic E-state index is 4.42. The molecule has 0 aromatic carbocycles. The molecule has 1 N–H and O–H groups in total. The number of nitrogens with one attached hydrogen (secondary N) is 1. The van der Waals surface area contributed by atoms with Gasteiger partial charge in [0, 0.05) is 46.0 Å². The van der Waals surface area contributed by atoms with Crippen LogP contribution in [0.1, 0.15) is 26.2 Å². The van der Waals surface area contributed by atoms with E-state index in [1.54, 1.807) is 0 Å². The molecule has 0 aliphatic carbocycles. The SMILES string of the molecule is CCCCCNC(=NC)N1CCN(c2ccccn2)CC1. The highest BCUT2D eigenvalue weighted by atomic mass is 15.4. The Kier molecular flexibility index (Phi) is 6.31. The van der Waals surface area contributed by atoms with Crippen molar-refractivity contribution in [2.75, 3.05) is 44.7 Å². The summed E-state index contributed by atoms with van der Waals surface area (Å²) in [5.41, 5.74) is 0. The number of hydrogen-bond acceptors (Lipinski definition) is 3. The molecule has 0 unspecified atom stereocenters. The molecule has 0 amide bonds. The van der Waals surface area contributed by atoms with Crippen LogP contribution in [0.5, 0.6) is 0 Å². The van der Waals surface area contributed by atoms with E-state index in [4.69, 9.17) is 0 Å². The Morgan fingerprint density at radius 1 is 1.24 bits per heavy atom. The van der Waals surface area contributed by atoms with Crippen molar-refractivity contribution in [3.63, 3.8) is 0 Å². The lowest BCUT2D eigenvalue weighted by molar-refractivity contribution is 0.371. The third-order valence-corrected chi connectivity index (χ3v) is 3.83. The molecule has 0 atom stereocenters.